The van der Waals surface area contributed by atoms with Gasteiger partial charge in [-0.2, -0.15) is 5.10 Å². The number of rotatable bonds is 3. The van der Waals surface area contributed by atoms with Gasteiger partial charge in [0.2, 0.25) is 0 Å². The standard InChI is InChI=1S/C12H12BrN3O/c13-11-3-1-2-4-12(11)17-10-7-15-16(8-10)9-5-14-6-9/h1-4,7-9,14H,5-6H2. The molecular formula is C12H12BrN3O. The van der Waals surface area contributed by atoms with Crippen molar-refractivity contribution in [1.29, 1.82) is 0 Å². The average Bonchev–Trinajstić information content (AvgIpc) is 2.67. The number of hydrogen-bond donors (Lipinski definition) is 1. The van der Waals surface area contributed by atoms with Crippen LogP contribution in [-0.2, 0) is 0 Å². The summed E-state index contributed by atoms with van der Waals surface area (Å²) in [5.41, 5.74) is 0. The maximum Gasteiger partial charge on any atom is 0.165 e. The summed E-state index contributed by atoms with van der Waals surface area (Å²) in [4.78, 5) is 0. The first-order chi connectivity index (χ1) is 8.33. The lowest BCUT2D eigenvalue weighted by Crippen LogP contribution is -2.43. The first-order valence-electron chi connectivity index (χ1n) is 5.50. The van der Waals surface area contributed by atoms with Crippen molar-refractivity contribution in [1.82, 2.24) is 15.1 Å². The van der Waals surface area contributed by atoms with Crippen molar-refractivity contribution in [2.24, 2.45) is 0 Å². The molecule has 1 aliphatic heterocycles. The van der Waals surface area contributed by atoms with Crippen molar-refractivity contribution in [2.45, 2.75) is 6.04 Å². The molecule has 0 amide bonds. The number of halogens is 1. The quantitative estimate of drug-likeness (QED) is 0.945. The van der Waals surface area contributed by atoms with Crippen molar-refractivity contribution in [3.63, 3.8) is 0 Å². The van der Waals surface area contributed by atoms with Crippen LogP contribution in [0.1, 0.15) is 6.04 Å². The second kappa shape index (κ2) is 4.50. The third-order valence-corrected chi connectivity index (χ3v) is 3.43. The van der Waals surface area contributed by atoms with E-state index in [1.807, 2.05) is 35.1 Å². The van der Waals surface area contributed by atoms with Gasteiger partial charge in [-0.25, -0.2) is 0 Å². The molecule has 3 rings (SSSR count). The van der Waals surface area contributed by atoms with Gasteiger partial charge in [-0.15, -0.1) is 0 Å². The number of nitrogens with one attached hydrogen (secondary N) is 1. The van der Waals surface area contributed by atoms with Crippen LogP contribution in [0, 0.1) is 0 Å². The monoisotopic (exact) mass is 293 g/mol. The van der Waals surface area contributed by atoms with E-state index in [-0.39, 0.29) is 0 Å². The van der Waals surface area contributed by atoms with Crippen LogP contribution in [0.4, 0.5) is 0 Å². The molecular weight excluding hydrogens is 282 g/mol. The summed E-state index contributed by atoms with van der Waals surface area (Å²) in [6.07, 6.45) is 3.68. The van der Waals surface area contributed by atoms with E-state index in [2.05, 4.69) is 26.3 Å². The molecule has 88 valence electrons. The van der Waals surface area contributed by atoms with Crippen LogP contribution in [0.2, 0.25) is 0 Å². The van der Waals surface area contributed by atoms with E-state index in [1.54, 1.807) is 6.20 Å². The topological polar surface area (TPSA) is 39.1 Å². The molecule has 17 heavy (non-hydrogen) atoms. The van der Waals surface area contributed by atoms with Crippen molar-refractivity contribution in [3.05, 3.63) is 41.1 Å². The molecule has 0 spiro atoms. The molecule has 0 atom stereocenters. The Morgan fingerprint density at radius 3 is 2.88 bits per heavy atom. The van der Waals surface area contributed by atoms with E-state index in [4.69, 9.17) is 4.74 Å². The van der Waals surface area contributed by atoms with E-state index in [1.165, 1.54) is 0 Å². The van der Waals surface area contributed by atoms with Crippen LogP contribution in [-0.4, -0.2) is 22.9 Å². The van der Waals surface area contributed by atoms with Crippen molar-refractivity contribution in [2.75, 3.05) is 13.1 Å². The summed E-state index contributed by atoms with van der Waals surface area (Å²) in [6, 6.07) is 8.24. The van der Waals surface area contributed by atoms with Crippen LogP contribution in [0.5, 0.6) is 11.5 Å². The molecule has 2 aromatic rings. The zero-order valence-corrected chi connectivity index (χ0v) is 10.7. The molecule has 1 aromatic heterocycles. The van der Waals surface area contributed by atoms with Gasteiger partial charge in [0.25, 0.3) is 0 Å². The summed E-state index contributed by atoms with van der Waals surface area (Å²) >= 11 is 3.45. The molecule has 2 heterocycles. The minimum Gasteiger partial charge on any atom is -0.453 e. The Labute approximate surface area is 108 Å². The highest BCUT2D eigenvalue weighted by molar-refractivity contribution is 9.10. The Balaban J connectivity index is 1.76. The van der Waals surface area contributed by atoms with Crippen LogP contribution < -0.4 is 10.1 Å². The molecule has 1 fully saturated rings. The van der Waals surface area contributed by atoms with Gasteiger partial charge in [-0.05, 0) is 28.1 Å². The van der Waals surface area contributed by atoms with E-state index in [0.717, 1.165) is 29.1 Å². The van der Waals surface area contributed by atoms with Crippen LogP contribution >= 0.6 is 15.9 Å². The van der Waals surface area contributed by atoms with Crippen molar-refractivity contribution < 1.29 is 4.74 Å². The Bertz CT molecular complexity index is 522. The summed E-state index contributed by atoms with van der Waals surface area (Å²) < 4.78 is 8.65. The first kappa shape index (κ1) is 10.8. The second-order valence-electron chi connectivity index (χ2n) is 4.00. The third kappa shape index (κ3) is 2.21. The van der Waals surface area contributed by atoms with Gasteiger partial charge in [0.15, 0.2) is 5.75 Å². The number of hydrogen-bond acceptors (Lipinski definition) is 3. The predicted octanol–water partition coefficient (Wildman–Crippen LogP) is 2.58. The van der Waals surface area contributed by atoms with Crippen LogP contribution in [0.25, 0.3) is 0 Å². The molecule has 4 nitrogen and oxygen atoms in total. The average molecular weight is 294 g/mol. The summed E-state index contributed by atoms with van der Waals surface area (Å²) in [5.74, 6) is 1.57. The Kier molecular flexibility index (Phi) is 2.86. The highest BCUT2D eigenvalue weighted by Gasteiger charge is 2.19. The minimum absolute atomic E-state index is 0.464. The highest BCUT2D eigenvalue weighted by atomic mass is 79.9. The predicted molar refractivity (Wildman–Crippen MR) is 68.3 cm³/mol. The van der Waals surface area contributed by atoms with E-state index in [0.29, 0.717) is 6.04 Å². The molecule has 1 N–H and O–H groups in total. The fourth-order valence-corrected chi connectivity index (χ4v) is 2.05. The molecule has 0 aliphatic carbocycles. The Hall–Kier alpha value is -1.33. The Morgan fingerprint density at radius 1 is 1.35 bits per heavy atom. The fraction of sp³-hybridized carbons (Fsp3) is 0.250. The van der Waals surface area contributed by atoms with E-state index >= 15 is 0 Å². The van der Waals surface area contributed by atoms with Gasteiger partial charge in [0, 0.05) is 13.1 Å². The van der Waals surface area contributed by atoms with Gasteiger partial charge in [0.1, 0.15) is 5.75 Å². The van der Waals surface area contributed by atoms with Crippen molar-refractivity contribution in [3.8, 4) is 11.5 Å². The van der Waals surface area contributed by atoms with Gasteiger partial charge < -0.3 is 10.1 Å². The number of aromatic nitrogens is 2. The molecule has 1 aliphatic rings. The van der Waals surface area contributed by atoms with E-state index in [9.17, 15) is 0 Å². The normalized spacial score (nSPS) is 15.6. The van der Waals surface area contributed by atoms with Gasteiger partial charge in [-0.3, -0.25) is 4.68 Å². The molecule has 0 radical (unpaired) electrons. The Morgan fingerprint density at radius 2 is 2.18 bits per heavy atom. The van der Waals surface area contributed by atoms with Crippen LogP contribution in [0.15, 0.2) is 41.1 Å². The zero-order chi connectivity index (χ0) is 11.7. The molecule has 1 aromatic carbocycles. The molecule has 0 unspecified atom stereocenters. The lowest BCUT2D eigenvalue weighted by atomic mass is 10.2. The number of ether oxygens (including phenoxy) is 1. The lowest BCUT2D eigenvalue weighted by molar-refractivity contribution is 0.317. The first-order valence-corrected chi connectivity index (χ1v) is 6.29. The third-order valence-electron chi connectivity index (χ3n) is 2.78. The lowest BCUT2D eigenvalue weighted by Gasteiger charge is -2.26. The minimum atomic E-state index is 0.464. The highest BCUT2D eigenvalue weighted by Crippen LogP contribution is 2.29. The molecule has 1 saturated heterocycles. The van der Waals surface area contributed by atoms with Gasteiger partial charge >= 0.3 is 0 Å². The molecule has 0 saturated carbocycles. The maximum atomic E-state index is 5.76. The van der Waals surface area contributed by atoms with Crippen LogP contribution in [0.3, 0.4) is 0 Å². The molecule has 0 bridgehead atoms. The number of benzene rings is 1. The summed E-state index contributed by atoms with van der Waals surface area (Å²) in [7, 11) is 0. The van der Waals surface area contributed by atoms with Crippen molar-refractivity contribution >= 4 is 15.9 Å². The fourth-order valence-electron chi connectivity index (χ4n) is 1.69. The second-order valence-corrected chi connectivity index (χ2v) is 4.85. The van der Waals surface area contributed by atoms with Gasteiger partial charge in [0.05, 0.1) is 22.9 Å². The largest absolute Gasteiger partial charge is 0.453 e. The number of para-hydroxylation sites is 1. The van der Waals surface area contributed by atoms with E-state index < -0.39 is 0 Å². The summed E-state index contributed by atoms with van der Waals surface area (Å²) in [6.45, 7) is 1.96. The SMILES string of the molecule is Brc1ccccc1Oc1cnn(C2CNC2)c1. The maximum absolute atomic E-state index is 5.76. The smallest absolute Gasteiger partial charge is 0.165 e. The summed E-state index contributed by atoms with van der Waals surface area (Å²) in [5, 5.41) is 7.52. The van der Waals surface area contributed by atoms with Gasteiger partial charge in [-0.1, -0.05) is 12.1 Å². The zero-order valence-electron chi connectivity index (χ0n) is 9.14. The molecule has 5 heteroatoms. The number of nitrogens with zero attached hydrogens (tertiary/aromatic N) is 2.